The molecule has 8 aromatic rings. The molecule has 0 unspecified atom stereocenters. The molecule has 0 N–H and O–H groups in total. The Bertz CT molecular complexity index is 2230. The fourth-order valence-corrected chi connectivity index (χ4v) is 6.36. The highest BCUT2D eigenvalue weighted by molar-refractivity contribution is 6.21. The van der Waals surface area contributed by atoms with E-state index in [9.17, 15) is 0 Å². The molecular weight excluding hydrogens is 520 g/mol. The molecule has 0 radical (unpaired) electrons. The summed E-state index contributed by atoms with van der Waals surface area (Å²) >= 11 is 0. The molecule has 0 amide bonds. The molecule has 43 heavy (non-hydrogen) atoms. The van der Waals surface area contributed by atoms with E-state index in [1.807, 2.05) is 18.2 Å². The first kappa shape index (κ1) is 25.1. The van der Waals surface area contributed by atoms with Crippen LogP contribution in [0.5, 0.6) is 0 Å². The summed E-state index contributed by atoms with van der Waals surface area (Å²) in [5, 5.41) is 7.57. The molecule has 0 atom stereocenters. The van der Waals surface area contributed by atoms with E-state index in [2.05, 4.69) is 133 Å². The van der Waals surface area contributed by atoms with Crippen molar-refractivity contribution in [2.24, 2.45) is 0 Å². The van der Waals surface area contributed by atoms with E-state index in [0.29, 0.717) is 0 Å². The van der Waals surface area contributed by atoms with Crippen LogP contribution < -0.4 is 0 Å². The molecule has 0 saturated carbocycles. The second-order valence-corrected chi connectivity index (χ2v) is 11.1. The molecule has 0 fully saturated rings. The maximum Gasteiger partial charge on any atom is 0.0710 e. The summed E-state index contributed by atoms with van der Waals surface area (Å²) in [6.45, 7) is 2.16. The smallest absolute Gasteiger partial charge is 0.0710 e. The number of hydrogen-bond acceptors (Lipinski definition) is 2. The normalized spacial score (nSPS) is 11.4. The van der Waals surface area contributed by atoms with Crippen LogP contribution in [0.15, 0.2) is 152 Å². The van der Waals surface area contributed by atoms with Gasteiger partial charge >= 0.3 is 0 Å². The summed E-state index contributed by atoms with van der Waals surface area (Å²) in [6, 6.07) is 50.2. The largest absolute Gasteiger partial charge is 0.265 e. The van der Waals surface area contributed by atoms with E-state index in [1.54, 1.807) is 12.4 Å². The van der Waals surface area contributed by atoms with Gasteiger partial charge in [-0.05, 0) is 91.8 Å². The van der Waals surface area contributed by atoms with Crippen molar-refractivity contribution in [1.29, 1.82) is 0 Å². The molecule has 0 spiro atoms. The summed E-state index contributed by atoms with van der Waals surface area (Å²) in [7, 11) is 0. The van der Waals surface area contributed by atoms with Crippen molar-refractivity contribution in [1.82, 2.24) is 9.97 Å². The minimum absolute atomic E-state index is 0.945. The van der Waals surface area contributed by atoms with Gasteiger partial charge < -0.3 is 0 Å². The molecule has 2 nitrogen and oxygen atoms in total. The molecule has 0 aliphatic carbocycles. The first-order valence-corrected chi connectivity index (χ1v) is 14.7. The average Bonchev–Trinajstić information content (AvgIpc) is 3.07. The highest BCUT2D eigenvalue weighted by atomic mass is 14.7. The molecule has 2 heteroatoms. The Labute approximate surface area is 251 Å². The van der Waals surface area contributed by atoms with Gasteiger partial charge in [0.1, 0.15) is 0 Å². The lowest BCUT2D eigenvalue weighted by Crippen LogP contribution is -1.91. The quantitative estimate of drug-likeness (QED) is 0.204. The number of aromatic nitrogens is 2. The summed E-state index contributed by atoms with van der Waals surface area (Å²) in [6.07, 6.45) is 3.61. The number of nitrogens with zero attached hydrogens (tertiary/aromatic N) is 2. The van der Waals surface area contributed by atoms with Crippen molar-refractivity contribution in [3.8, 4) is 44.8 Å². The zero-order valence-corrected chi connectivity index (χ0v) is 23.8. The van der Waals surface area contributed by atoms with E-state index >= 15 is 0 Å². The molecule has 2 heterocycles. The third-order valence-electron chi connectivity index (χ3n) is 8.41. The zero-order chi connectivity index (χ0) is 28.8. The van der Waals surface area contributed by atoms with Gasteiger partial charge in [-0.3, -0.25) is 4.98 Å². The second kappa shape index (κ2) is 10.3. The third-order valence-corrected chi connectivity index (χ3v) is 8.41. The lowest BCUT2D eigenvalue weighted by molar-refractivity contribution is 1.29. The SMILES string of the molecule is Cc1ccc2ccc(-c3c4ccccc4c(-c4ccc(-c5cccc(-c6ccncc6)n5)cc4)c4ccccc34)cc2c1. The highest BCUT2D eigenvalue weighted by Gasteiger charge is 2.17. The van der Waals surface area contributed by atoms with E-state index < -0.39 is 0 Å². The number of aryl methyl sites for hydroxylation is 1. The Morgan fingerprint density at radius 3 is 1.53 bits per heavy atom. The van der Waals surface area contributed by atoms with Crippen molar-refractivity contribution in [3.63, 3.8) is 0 Å². The Hall–Kier alpha value is -5.60. The minimum Gasteiger partial charge on any atom is -0.265 e. The lowest BCUT2D eigenvalue weighted by Gasteiger charge is -2.18. The molecule has 202 valence electrons. The average molecular weight is 549 g/mol. The Balaban J connectivity index is 1.29. The number of hydrogen-bond donors (Lipinski definition) is 0. The van der Waals surface area contributed by atoms with Crippen molar-refractivity contribution in [3.05, 3.63) is 157 Å². The predicted octanol–water partition coefficient (Wildman–Crippen LogP) is 10.9. The van der Waals surface area contributed by atoms with Crippen LogP contribution in [0.25, 0.3) is 77.1 Å². The summed E-state index contributed by atoms with van der Waals surface area (Å²) < 4.78 is 0. The second-order valence-electron chi connectivity index (χ2n) is 11.1. The first-order valence-electron chi connectivity index (χ1n) is 14.7. The highest BCUT2D eigenvalue weighted by Crippen LogP contribution is 2.44. The van der Waals surface area contributed by atoms with Gasteiger partial charge in [0.05, 0.1) is 11.4 Å². The van der Waals surface area contributed by atoms with Crippen LogP contribution in [0, 0.1) is 6.92 Å². The molecule has 0 aliphatic heterocycles. The van der Waals surface area contributed by atoms with Gasteiger partial charge in [-0.2, -0.15) is 0 Å². The Morgan fingerprint density at radius 2 is 0.907 bits per heavy atom. The number of rotatable bonds is 4. The van der Waals surface area contributed by atoms with Crippen LogP contribution in [-0.4, -0.2) is 9.97 Å². The summed E-state index contributed by atoms with van der Waals surface area (Å²) in [5.41, 5.74) is 10.3. The lowest BCUT2D eigenvalue weighted by atomic mass is 9.85. The van der Waals surface area contributed by atoms with Crippen molar-refractivity contribution in [2.75, 3.05) is 0 Å². The predicted molar refractivity (Wildman–Crippen MR) is 181 cm³/mol. The maximum atomic E-state index is 4.96. The zero-order valence-electron chi connectivity index (χ0n) is 23.8. The van der Waals surface area contributed by atoms with E-state index in [4.69, 9.17) is 4.98 Å². The molecule has 2 aromatic heterocycles. The molecular formula is C41H28N2. The number of pyridine rings is 2. The molecule has 8 rings (SSSR count). The fourth-order valence-electron chi connectivity index (χ4n) is 6.36. The van der Waals surface area contributed by atoms with Gasteiger partial charge in [0.15, 0.2) is 0 Å². The first-order chi connectivity index (χ1) is 21.2. The van der Waals surface area contributed by atoms with Crippen LogP contribution in [-0.2, 0) is 0 Å². The molecule has 0 bridgehead atoms. The number of benzene rings is 6. The fraction of sp³-hybridized carbons (Fsp3) is 0.0244. The van der Waals surface area contributed by atoms with Crippen LogP contribution in [0.1, 0.15) is 5.56 Å². The monoisotopic (exact) mass is 548 g/mol. The maximum absolute atomic E-state index is 4.96. The summed E-state index contributed by atoms with van der Waals surface area (Å²) in [4.78, 5) is 9.10. The van der Waals surface area contributed by atoms with E-state index in [1.165, 1.54) is 60.1 Å². The van der Waals surface area contributed by atoms with Gasteiger partial charge in [0, 0.05) is 23.5 Å². The van der Waals surface area contributed by atoms with Gasteiger partial charge in [-0.25, -0.2) is 4.98 Å². The summed E-state index contributed by atoms with van der Waals surface area (Å²) in [5.74, 6) is 0. The third kappa shape index (κ3) is 4.45. The van der Waals surface area contributed by atoms with Crippen LogP contribution >= 0.6 is 0 Å². The topological polar surface area (TPSA) is 25.8 Å². The van der Waals surface area contributed by atoms with Crippen molar-refractivity contribution >= 4 is 32.3 Å². The van der Waals surface area contributed by atoms with Gasteiger partial charge in [-0.15, -0.1) is 0 Å². The van der Waals surface area contributed by atoms with Gasteiger partial charge in [0.2, 0.25) is 0 Å². The standard InChI is InChI=1S/C41H28N2/c1-27-13-14-28-15-20-32(26-33(28)25-27)41-36-9-4-2-7-34(36)40(35-8-3-5-10-37(35)41)31-18-16-29(17-19-31)38-11-6-12-39(43-38)30-21-23-42-24-22-30/h2-26H,1H3. The van der Waals surface area contributed by atoms with E-state index in [0.717, 1.165) is 22.5 Å². The van der Waals surface area contributed by atoms with Crippen molar-refractivity contribution in [2.45, 2.75) is 6.92 Å². The molecule has 0 aliphatic rings. The van der Waals surface area contributed by atoms with Gasteiger partial charge in [0.25, 0.3) is 0 Å². The van der Waals surface area contributed by atoms with E-state index in [-0.39, 0.29) is 0 Å². The van der Waals surface area contributed by atoms with Crippen LogP contribution in [0.2, 0.25) is 0 Å². The number of fused-ring (bicyclic) bond motifs is 3. The minimum atomic E-state index is 0.945. The Kier molecular flexibility index (Phi) is 6.05. The van der Waals surface area contributed by atoms with Gasteiger partial charge in [-0.1, -0.05) is 115 Å². The van der Waals surface area contributed by atoms with Crippen molar-refractivity contribution < 1.29 is 0 Å². The molecule has 0 saturated heterocycles. The van der Waals surface area contributed by atoms with Crippen LogP contribution in [0.4, 0.5) is 0 Å². The Morgan fingerprint density at radius 1 is 0.395 bits per heavy atom. The van der Waals surface area contributed by atoms with Crippen LogP contribution in [0.3, 0.4) is 0 Å². The molecule has 6 aromatic carbocycles.